The number of aromatic nitrogens is 1. The number of hydrogen-bond donors (Lipinski definition) is 1. The number of aryl methyl sites for hydroxylation is 1. The van der Waals surface area contributed by atoms with Gasteiger partial charge in [-0.25, -0.2) is 4.79 Å². The van der Waals surface area contributed by atoms with Crippen LogP contribution in [0.3, 0.4) is 0 Å². The van der Waals surface area contributed by atoms with Crippen LogP contribution in [-0.2, 0) is 11.3 Å². The molecule has 0 aliphatic carbocycles. The fraction of sp³-hybridized carbons (Fsp3) is 0.400. The highest BCUT2D eigenvalue weighted by Crippen LogP contribution is 2.27. The summed E-state index contributed by atoms with van der Waals surface area (Å²) >= 11 is 7.66. The number of oxazole rings is 1. The molecule has 0 saturated carbocycles. The van der Waals surface area contributed by atoms with E-state index in [0.29, 0.717) is 22.7 Å². The lowest BCUT2D eigenvalue weighted by atomic mass is 10.2. The van der Waals surface area contributed by atoms with Gasteiger partial charge in [0, 0.05) is 35.5 Å². The molecule has 3 aromatic rings. The zero-order valence-electron chi connectivity index (χ0n) is 15.4. The molecule has 1 atom stereocenters. The summed E-state index contributed by atoms with van der Waals surface area (Å²) in [4.78, 5) is 28.2. The van der Waals surface area contributed by atoms with Gasteiger partial charge in [-0.3, -0.25) is 14.3 Å². The smallest absolute Gasteiger partial charge is 0.408 e. The van der Waals surface area contributed by atoms with Crippen molar-refractivity contribution in [3.8, 4) is 0 Å². The quantitative estimate of drug-likeness (QED) is 0.634. The van der Waals surface area contributed by atoms with E-state index in [-0.39, 0.29) is 24.9 Å². The Hall–Kier alpha value is -2.09. The van der Waals surface area contributed by atoms with Crippen molar-refractivity contribution in [1.82, 2.24) is 14.8 Å². The predicted octanol–water partition coefficient (Wildman–Crippen LogP) is 3.65. The second-order valence-corrected chi connectivity index (χ2v) is 8.38. The molecule has 0 unspecified atom stereocenters. The maximum absolute atomic E-state index is 12.4. The molecule has 0 spiro atoms. The summed E-state index contributed by atoms with van der Waals surface area (Å²) in [6.45, 7) is 2.98. The van der Waals surface area contributed by atoms with E-state index in [1.807, 2.05) is 6.07 Å². The molecule has 2 aromatic heterocycles. The first-order valence-corrected chi connectivity index (χ1v) is 10.7. The summed E-state index contributed by atoms with van der Waals surface area (Å²) < 4.78 is 6.69. The molecule has 0 radical (unpaired) electrons. The summed E-state index contributed by atoms with van der Waals surface area (Å²) in [5, 5.41) is 5.63. The van der Waals surface area contributed by atoms with Gasteiger partial charge in [0.2, 0.25) is 5.91 Å². The Kier molecular flexibility index (Phi) is 5.85. The van der Waals surface area contributed by atoms with Crippen LogP contribution in [0.2, 0.25) is 5.02 Å². The van der Waals surface area contributed by atoms with Gasteiger partial charge < -0.3 is 9.73 Å². The maximum Gasteiger partial charge on any atom is 0.419 e. The molecule has 1 fully saturated rings. The topological polar surface area (TPSA) is 67.5 Å². The number of thiophene rings is 1. The Morgan fingerprint density at radius 3 is 2.86 bits per heavy atom. The molecule has 1 saturated heterocycles. The predicted molar refractivity (Wildman–Crippen MR) is 111 cm³/mol. The fourth-order valence-corrected chi connectivity index (χ4v) is 4.73. The zero-order valence-corrected chi connectivity index (χ0v) is 17.0. The minimum absolute atomic E-state index is 0.0732. The SMILES string of the molecule is O=C(CCn1c(=O)oc2cc(Cl)ccc21)NC[C@H](c1cccs1)N1CCCC1. The van der Waals surface area contributed by atoms with E-state index in [1.54, 1.807) is 29.5 Å². The summed E-state index contributed by atoms with van der Waals surface area (Å²) in [5.41, 5.74) is 1.08. The first kappa shape index (κ1) is 19.2. The van der Waals surface area contributed by atoms with Crippen LogP contribution >= 0.6 is 22.9 Å². The molecular weight excluding hydrogens is 398 g/mol. The Morgan fingerprint density at radius 2 is 2.11 bits per heavy atom. The van der Waals surface area contributed by atoms with Crippen LogP contribution in [0.5, 0.6) is 0 Å². The third-order valence-corrected chi connectivity index (χ3v) is 6.35. The monoisotopic (exact) mass is 419 g/mol. The highest BCUT2D eigenvalue weighted by molar-refractivity contribution is 7.10. The van der Waals surface area contributed by atoms with Crippen molar-refractivity contribution < 1.29 is 9.21 Å². The van der Waals surface area contributed by atoms with Crippen molar-refractivity contribution >= 4 is 39.9 Å². The standard InChI is InChI=1S/C20H22ClN3O3S/c21-14-5-6-15-17(12-14)27-20(26)24(15)10-7-19(25)22-13-16(18-4-3-11-28-18)23-8-1-2-9-23/h3-6,11-12,16H,1-2,7-10,13H2,(H,22,25)/t16-/m1/s1. The van der Waals surface area contributed by atoms with Gasteiger partial charge in [-0.05, 0) is 49.5 Å². The lowest BCUT2D eigenvalue weighted by Gasteiger charge is -2.26. The van der Waals surface area contributed by atoms with Gasteiger partial charge >= 0.3 is 5.76 Å². The molecule has 1 amide bonds. The normalized spacial score (nSPS) is 15.9. The number of carbonyl (C=O) groups excluding carboxylic acids is 1. The minimum Gasteiger partial charge on any atom is -0.408 e. The molecule has 8 heteroatoms. The van der Waals surface area contributed by atoms with Crippen LogP contribution < -0.4 is 11.1 Å². The van der Waals surface area contributed by atoms with Gasteiger partial charge in [0.25, 0.3) is 0 Å². The first-order chi connectivity index (χ1) is 13.6. The number of fused-ring (bicyclic) bond motifs is 1. The van der Waals surface area contributed by atoms with Crippen molar-refractivity contribution in [2.45, 2.75) is 31.8 Å². The largest absolute Gasteiger partial charge is 0.419 e. The van der Waals surface area contributed by atoms with Crippen LogP contribution in [0.4, 0.5) is 0 Å². The minimum atomic E-state index is -0.474. The summed E-state index contributed by atoms with van der Waals surface area (Å²) in [6.07, 6.45) is 2.63. The van der Waals surface area contributed by atoms with Gasteiger partial charge in [-0.2, -0.15) is 0 Å². The summed E-state index contributed by atoms with van der Waals surface area (Å²) in [6, 6.07) is 9.44. The van der Waals surface area contributed by atoms with E-state index in [0.717, 1.165) is 13.1 Å². The second kappa shape index (κ2) is 8.51. The van der Waals surface area contributed by atoms with Crippen molar-refractivity contribution in [2.24, 2.45) is 0 Å². The number of nitrogens with one attached hydrogen (secondary N) is 1. The van der Waals surface area contributed by atoms with Gasteiger partial charge in [0.15, 0.2) is 5.58 Å². The molecule has 1 aliphatic rings. The van der Waals surface area contributed by atoms with E-state index in [1.165, 1.54) is 22.3 Å². The van der Waals surface area contributed by atoms with Crippen molar-refractivity contribution in [2.75, 3.05) is 19.6 Å². The van der Waals surface area contributed by atoms with Gasteiger partial charge in [-0.1, -0.05) is 17.7 Å². The Morgan fingerprint density at radius 1 is 1.29 bits per heavy atom. The van der Waals surface area contributed by atoms with Gasteiger partial charge in [0.05, 0.1) is 11.6 Å². The van der Waals surface area contributed by atoms with Crippen molar-refractivity contribution in [1.29, 1.82) is 0 Å². The number of rotatable bonds is 7. The molecule has 6 nitrogen and oxygen atoms in total. The number of likely N-dealkylation sites (tertiary alicyclic amines) is 1. The van der Waals surface area contributed by atoms with E-state index < -0.39 is 5.76 Å². The van der Waals surface area contributed by atoms with Crippen LogP contribution in [0.15, 0.2) is 44.9 Å². The van der Waals surface area contributed by atoms with Crippen LogP contribution in [0.25, 0.3) is 11.1 Å². The Balaban J connectivity index is 1.38. The third kappa shape index (κ3) is 4.16. The number of nitrogens with zero attached hydrogens (tertiary/aromatic N) is 2. The van der Waals surface area contributed by atoms with E-state index in [2.05, 4.69) is 21.7 Å². The summed E-state index contributed by atoms with van der Waals surface area (Å²) in [5.74, 6) is -0.547. The lowest BCUT2D eigenvalue weighted by Crippen LogP contribution is -2.36. The first-order valence-electron chi connectivity index (χ1n) is 9.45. The molecule has 0 bridgehead atoms. The van der Waals surface area contributed by atoms with Gasteiger partial charge in [0.1, 0.15) is 0 Å². The van der Waals surface area contributed by atoms with Crippen LogP contribution in [-0.4, -0.2) is 35.0 Å². The average Bonchev–Trinajstić information content (AvgIpc) is 3.42. The number of halogens is 1. The summed E-state index contributed by atoms with van der Waals surface area (Å²) in [7, 11) is 0. The second-order valence-electron chi connectivity index (χ2n) is 6.96. The molecule has 28 heavy (non-hydrogen) atoms. The van der Waals surface area contributed by atoms with E-state index in [9.17, 15) is 9.59 Å². The van der Waals surface area contributed by atoms with Crippen LogP contribution in [0.1, 0.15) is 30.2 Å². The number of benzene rings is 1. The molecule has 3 heterocycles. The zero-order chi connectivity index (χ0) is 19.5. The molecule has 1 aromatic carbocycles. The Bertz CT molecular complexity index is 1010. The molecule has 1 N–H and O–H groups in total. The number of amides is 1. The van der Waals surface area contributed by atoms with E-state index in [4.69, 9.17) is 16.0 Å². The molecular formula is C20H22ClN3O3S. The molecule has 148 valence electrons. The highest BCUT2D eigenvalue weighted by atomic mass is 35.5. The highest BCUT2D eigenvalue weighted by Gasteiger charge is 2.24. The van der Waals surface area contributed by atoms with Crippen LogP contribution in [0, 0.1) is 0 Å². The third-order valence-electron chi connectivity index (χ3n) is 5.14. The van der Waals surface area contributed by atoms with Crippen molar-refractivity contribution in [3.63, 3.8) is 0 Å². The van der Waals surface area contributed by atoms with E-state index >= 15 is 0 Å². The number of hydrogen-bond acceptors (Lipinski definition) is 5. The fourth-order valence-electron chi connectivity index (χ4n) is 3.71. The number of carbonyl (C=O) groups is 1. The lowest BCUT2D eigenvalue weighted by molar-refractivity contribution is -0.121. The van der Waals surface area contributed by atoms with Gasteiger partial charge in [-0.15, -0.1) is 11.3 Å². The Labute approximate surface area is 171 Å². The molecule has 1 aliphatic heterocycles. The van der Waals surface area contributed by atoms with Crippen molar-refractivity contribution in [3.05, 3.63) is 56.2 Å². The molecule has 4 rings (SSSR count). The maximum atomic E-state index is 12.4. The average molecular weight is 420 g/mol.